The van der Waals surface area contributed by atoms with Gasteiger partial charge in [-0.1, -0.05) is 44.2 Å². The lowest BCUT2D eigenvalue weighted by molar-refractivity contribution is 0.100. The molecule has 1 radical (unpaired) electrons. The lowest BCUT2D eigenvalue weighted by Gasteiger charge is -2.11. The van der Waals surface area contributed by atoms with E-state index in [-0.39, 0.29) is 0 Å². The van der Waals surface area contributed by atoms with Crippen LogP contribution in [0.5, 0.6) is 0 Å². The summed E-state index contributed by atoms with van der Waals surface area (Å²) in [6.45, 7) is 5.09. The van der Waals surface area contributed by atoms with Gasteiger partial charge in [0.1, 0.15) is 0 Å². The fourth-order valence-electron chi connectivity index (χ4n) is 3.58. The molecule has 0 saturated carbocycles. The number of primary amides is 1. The Kier molecular flexibility index (Phi) is 4.68. The van der Waals surface area contributed by atoms with Crippen LogP contribution >= 0.6 is 22.6 Å². The number of carbonyl (C=O) groups is 1. The number of hydrogen-bond acceptors (Lipinski definition) is 1. The van der Waals surface area contributed by atoms with Gasteiger partial charge in [-0.15, -0.1) is 0 Å². The Hall–Kier alpha value is -2.34. The molecule has 0 aliphatic carbocycles. The van der Waals surface area contributed by atoms with Crippen LogP contribution < -0.4 is 5.73 Å². The van der Waals surface area contributed by atoms with Crippen LogP contribution in [0.2, 0.25) is 0 Å². The predicted molar refractivity (Wildman–Crippen MR) is 119 cm³/mol. The molecule has 3 nitrogen and oxygen atoms in total. The summed E-state index contributed by atoms with van der Waals surface area (Å²) < 4.78 is 3.50. The second kappa shape index (κ2) is 7.00. The fourth-order valence-corrected chi connectivity index (χ4v) is 4.14. The summed E-state index contributed by atoms with van der Waals surface area (Å²) in [6, 6.07) is 21.8. The fraction of sp³-hybridized carbons (Fsp3) is 0.174. The number of benzene rings is 3. The highest BCUT2D eigenvalue weighted by Crippen LogP contribution is 2.34. The maximum atomic E-state index is 12.1. The molecule has 4 heteroatoms. The van der Waals surface area contributed by atoms with E-state index in [4.69, 9.17) is 5.73 Å². The van der Waals surface area contributed by atoms with E-state index in [0.29, 0.717) is 11.5 Å². The van der Waals surface area contributed by atoms with Crippen molar-refractivity contribution in [1.82, 2.24) is 4.57 Å². The molecule has 0 spiro atoms. The number of hydrogen-bond donors (Lipinski definition) is 1. The predicted octanol–water partition coefficient (Wildman–Crippen LogP) is 5.47. The van der Waals surface area contributed by atoms with E-state index in [9.17, 15) is 4.79 Å². The quantitative estimate of drug-likeness (QED) is 0.398. The minimum absolute atomic E-state index is 0.407. The Balaban J connectivity index is 2.07. The van der Waals surface area contributed by atoms with Gasteiger partial charge >= 0.3 is 0 Å². The number of nitrogens with zero attached hydrogens (tertiary/aromatic N) is 1. The van der Waals surface area contributed by atoms with Gasteiger partial charge in [-0.3, -0.25) is 4.79 Å². The lowest BCUT2D eigenvalue weighted by Crippen LogP contribution is -2.11. The topological polar surface area (TPSA) is 48.0 Å². The van der Waals surface area contributed by atoms with Crippen LogP contribution in [-0.2, 0) is 6.54 Å². The summed E-state index contributed by atoms with van der Waals surface area (Å²) in [5, 5.41) is 1.84. The van der Waals surface area contributed by atoms with Crippen LogP contribution in [0.15, 0.2) is 54.6 Å². The smallest absolute Gasteiger partial charge is 0.249 e. The molecule has 0 fully saturated rings. The summed E-state index contributed by atoms with van der Waals surface area (Å²) in [4.78, 5) is 12.1. The van der Waals surface area contributed by atoms with Crippen molar-refractivity contribution in [2.45, 2.75) is 26.3 Å². The van der Waals surface area contributed by atoms with E-state index in [1.807, 2.05) is 18.2 Å². The van der Waals surface area contributed by atoms with Crippen molar-refractivity contribution in [3.63, 3.8) is 0 Å². The van der Waals surface area contributed by atoms with Gasteiger partial charge in [0, 0.05) is 26.5 Å². The van der Waals surface area contributed by atoms with E-state index >= 15 is 0 Å². The number of aromatic nitrogens is 1. The van der Waals surface area contributed by atoms with Crippen LogP contribution in [0.1, 0.15) is 41.3 Å². The molecule has 0 bridgehead atoms. The monoisotopic (exact) mass is 467 g/mol. The van der Waals surface area contributed by atoms with Crippen LogP contribution in [0.3, 0.4) is 0 Å². The minimum Gasteiger partial charge on any atom is -0.366 e. The molecule has 0 unspecified atom stereocenters. The molecule has 4 aromatic rings. The standard InChI is InChI=1S/C23H20IN2O/c1-14(2)15-10-11-17-21(12-15)26(13-16-6-3-4-8-19(16)24)20-9-5-7-18(22(17)20)23(25)27/h3-10,12,14H,13H2,1-2H3,(H2,25,27). The molecule has 0 aliphatic heterocycles. The van der Waals surface area contributed by atoms with Crippen LogP contribution in [0.4, 0.5) is 0 Å². The van der Waals surface area contributed by atoms with Crippen molar-refractivity contribution in [2.75, 3.05) is 0 Å². The first-order valence-corrected chi connectivity index (χ1v) is 10.0. The van der Waals surface area contributed by atoms with E-state index in [0.717, 1.165) is 28.4 Å². The van der Waals surface area contributed by atoms with Gasteiger partial charge in [-0.25, -0.2) is 0 Å². The van der Waals surface area contributed by atoms with Crippen molar-refractivity contribution >= 4 is 50.3 Å². The Morgan fingerprint density at radius 2 is 1.93 bits per heavy atom. The molecule has 27 heavy (non-hydrogen) atoms. The number of rotatable bonds is 4. The highest BCUT2D eigenvalue weighted by atomic mass is 127. The van der Waals surface area contributed by atoms with Crippen LogP contribution in [-0.4, -0.2) is 10.5 Å². The van der Waals surface area contributed by atoms with E-state index in [2.05, 4.69) is 77.4 Å². The molecule has 1 heterocycles. The van der Waals surface area contributed by atoms with Crippen LogP contribution in [0.25, 0.3) is 21.8 Å². The van der Waals surface area contributed by atoms with E-state index in [1.54, 1.807) is 6.07 Å². The molecular formula is C23H20IN2O. The molecule has 1 amide bonds. The zero-order valence-corrected chi connectivity index (χ0v) is 17.4. The van der Waals surface area contributed by atoms with E-state index in [1.165, 1.54) is 14.7 Å². The van der Waals surface area contributed by atoms with Crippen molar-refractivity contribution < 1.29 is 4.79 Å². The molecule has 0 atom stereocenters. The molecule has 3 aromatic carbocycles. The molecule has 2 N–H and O–H groups in total. The molecule has 0 saturated heterocycles. The molecule has 0 aliphatic rings. The number of halogens is 1. The molecular weight excluding hydrogens is 447 g/mol. The summed E-state index contributed by atoms with van der Waals surface area (Å²) in [6.07, 6.45) is 0. The average molecular weight is 467 g/mol. The van der Waals surface area contributed by atoms with Gasteiger partial charge < -0.3 is 10.3 Å². The highest BCUT2D eigenvalue weighted by molar-refractivity contribution is 14.1. The first kappa shape index (κ1) is 18.0. The normalized spacial score (nSPS) is 11.6. The Labute approximate surface area is 172 Å². The Bertz CT molecular complexity index is 1170. The van der Waals surface area contributed by atoms with Crippen LogP contribution in [0, 0.1) is 9.64 Å². The SMILES string of the molecule is CC(C)c1c[c]c2c3c(C(N)=O)cccc3n(Cc3ccccc3I)c2c1. The minimum atomic E-state index is -0.407. The Morgan fingerprint density at radius 3 is 2.63 bits per heavy atom. The number of nitrogens with two attached hydrogens (primary N) is 1. The average Bonchev–Trinajstić information content (AvgIpc) is 2.96. The zero-order valence-electron chi connectivity index (χ0n) is 15.3. The second-order valence-electron chi connectivity index (χ2n) is 7.09. The number of carbonyl (C=O) groups excluding carboxylic acids is 1. The largest absolute Gasteiger partial charge is 0.366 e. The summed E-state index contributed by atoms with van der Waals surface area (Å²) in [5.41, 5.74) is 10.8. The van der Waals surface area contributed by atoms with Gasteiger partial charge in [-0.05, 0) is 70.0 Å². The third kappa shape index (κ3) is 3.12. The molecule has 4 rings (SSSR count). The van der Waals surface area contributed by atoms with Gasteiger partial charge in [0.2, 0.25) is 5.91 Å². The highest BCUT2D eigenvalue weighted by Gasteiger charge is 2.18. The summed E-state index contributed by atoms with van der Waals surface area (Å²) >= 11 is 2.37. The van der Waals surface area contributed by atoms with Crippen molar-refractivity contribution in [3.8, 4) is 0 Å². The van der Waals surface area contributed by atoms with Crippen molar-refractivity contribution in [3.05, 3.63) is 80.9 Å². The molecule has 135 valence electrons. The number of fused-ring (bicyclic) bond motifs is 3. The summed E-state index contributed by atoms with van der Waals surface area (Å²) in [7, 11) is 0. The third-order valence-corrected chi connectivity index (χ3v) is 6.09. The third-order valence-electron chi connectivity index (χ3n) is 5.04. The van der Waals surface area contributed by atoms with Gasteiger partial charge in [0.15, 0.2) is 0 Å². The van der Waals surface area contributed by atoms with Gasteiger partial charge in [0.05, 0.1) is 11.0 Å². The first-order valence-electron chi connectivity index (χ1n) is 8.97. The first-order chi connectivity index (χ1) is 13.0. The lowest BCUT2D eigenvalue weighted by atomic mass is 10.00. The summed E-state index contributed by atoms with van der Waals surface area (Å²) in [5.74, 6) is -0.000128. The Morgan fingerprint density at radius 1 is 1.15 bits per heavy atom. The van der Waals surface area contributed by atoms with Gasteiger partial charge in [-0.2, -0.15) is 0 Å². The zero-order chi connectivity index (χ0) is 19.1. The number of amides is 1. The van der Waals surface area contributed by atoms with E-state index < -0.39 is 5.91 Å². The maximum absolute atomic E-state index is 12.1. The second-order valence-corrected chi connectivity index (χ2v) is 8.25. The maximum Gasteiger partial charge on any atom is 0.249 e. The molecule has 1 aromatic heterocycles. The van der Waals surface area contributed by atoms with Crippen molar-refractivity contribution in [2.24, 2.45) is 5.73 Å². The van der Waals surface area contributed by atoms with Gasteiger partial charge in [0.25, 0.3) is 0 Å². The van der Waals surface area contributed by atoms with Crippen molar-refractivity contribution in [1.29, 1.82) is 0 Å².